The van der Waals surface area contributed by atoms with E-state index in [1.807, 2.05) is 11.8 Å². The first-order chi connectivity index (χ1) is 8.76. The normalized spacial score (nSPS) is 17.1. The highest BCUT2D eigenvalue weighted by Gasteiger charge is 2.21. The summed E-state index contributed by atoms with van der Waals surface area (Å²) in [6.07, 6.45) is 2.20. The largest absolute Gasteiger partial charge is 0.493 e. The molecule has 2 unspecified atom stereocenters. The number of nitrogens with one attached hydrogen (secondary N) is 1. The number of para-hydroxylation sites is 1. The lowest BCUT2D eigenvalue weighted by Crippen LogP contribution is -2.30. The van der Waals surface area contributed by atoms with Crippen LogP contribution in [0.5, 0.6) is 5.75 Å². The van der Waals surface area contributed by atoms with Gasteiger partial charge in [-0.3, -0.25) is 11.3 Å². The van der Waals surface area contributed by atoms with Crippen molar-refractivity contribution in [2.75, 3.05) is 12.4 Å². The van der Waals surface area contributed by atoms with Gasteiger partial charge in [0, 0.05) is 23.0 Å². The molecule has 0 saturated carbocycles. The van der Waals surface area contributed by atoms with Gasteiger partial charge in [-0.25, -0.2) is 0 Å². The second kappa shape index (κ2) is 6.45. The molecule has 2 rings (SSSR count). The molecular formula is C14H22N2OS. The van der Waals surface area contributed by atoms with E-state index in [2.05, 4.69) is 37.5 Å². The predicted octanol–water partition coefficient (Wildman–Crippen LogP) is 2.66. The van der Waals surface area contributed by atoms with E-state index in [0.717, 1.165) is 24.5 Å². The van der Waals surface area contributed by atoms with Crippen LogP contribution >= 0.6 is 11.8 Å². The van der Waals surface area contributed by atoms with Crippen LogP contribution in [0.2, 0.25) is 0 Å². The van der Waals surface area contributed by atoms with Gasteiger partial charge in [0.05, 0.1) is 12.6 Å². The van der Waals surface area contributed by atoms with E-state index in [1.54, 1.807) is 0 Å². The Labute approximate surface area is 113 Å². The van der Waals surface area contributed by atoms with E-state index in [0.29, 0.717) is 5.25 Å². The zero-order chi connectivity index (χ0) is 13.0. The molecule has 1 aliphatic heterocycles. The van der Waals surface area contributed by atoms with Crippen LogP contribution < -0.4 is 16.0 Å². The molecule has 3 nitrogen and oxygen atoms in total. The molecule has 0 aliphatic carbocycles. The summed E-state index contributed by atoms with van der Waals surface area (Å²) < 4.78 is 5.74. The average molecular weight is 266 g/mol. The molecule has 0 radical (unpaired) electrons. The Kier molecular flexibility index (Phi) is 4.92. The summed E-state index contributed by atoms with van der Waals surface area (Å²) in [5.41, 5.74) is 5.43. The van der Waals surface area contributed by atoms with Gasteiger partial charge < -0.3 is 4.74 Å². The van der Waals surface area contributed by atoms with Crippen molar-refractivity contribution in [3.8, 4) is 5.75 Å². The molecule has 0 saturated heterocycles. The average Bonchev–Trinajstić information content (AvgIpc) is 2.88. The second-order valence-corrected chi connectivity index (χ2v) is 6.18. The van der Waals surface area contributed by atoms with Crippen molar-refractivity contribution < 1.29 is 4.74 Å². The van der Waals surface area contributed by atoms with E-state index in [-0.39, 0.29) is 6.04 Å². The number of ether oxygens (including phenoxy) is 1. The Morgan fingerprint density at radius 3 is 3.06 bits per heavy atom. The van der Waals surface area contributed by atoms with Gasteiger partial charge in [0.15, 0.2) is 0 Å². The van der Waals surface area contributed by atoms with Crippen LogP contribution in [0, 0.1) is 0 Å². The molecule has 1 aromatic carbocycles. The Morgan fingerprint density at radius 1 is 1.50 bits per heavy atom. The van der Waals surface area contributed by atoms with Crippen LogP contribution in [0.25, 0.3) is 0 Å². The molecule has 3 N–H and O–H groups in total. The molecule has 1 heterocycles. The summed E-state index contributed by atoms with van der Waals surface area (Å²) >= 11 is 1.95. The molecule has 0 fully saturated rings. The maximum absolute atomic E-state index is 5.74. The third kappa shape index (κ3) is 2.99. The van der Waals surface area contributed by atoms with Gasteiger partial charge in [0.25, 0.3) is 0 Å². The number of hydrazine groups is 1. The summed E-state index contributed by atoms with van der Waals surface area (Å²) in [6, 6.07) is 6.52. The first kappa shape index (κ1) is 13.7. The zero-order valence-corrected chi connectivity index (χ0v) is 11.9. The van der Waals surface area contributed by atoms with Gasteiger partial charge in [-0.05, 0) is 12.0 Å². The van der Waals surface area contributed by atoms with Gasteiger partial charge in [-0.1, -0.05) is 32.0 Å². The molecule has 100 valence electrons. The van der Waals surface area contributed by atoms with Crippen LogP contribution in [0.4, 0.5) is 0 Å². The minimum atomic E-state index is 0.164. The summed E-state index contributed by atoms with van der Waals surface area (Å²) in [4.78, 5) is 0. The summed E-state index contributed by atoms with van der Waals surface area (Å²) in [7, 11) is 0. The Hall–Kier alpha value is -0.710. The Bertz CT molecular complexity index is 397. The molecule has 18 heavy (non-hydrogen) atoms. The van der Waals surface area contributed by atoms with Crippen LogP contribution in [0.3, 0.4) is 0 Å². The van der Waals surface area contributed by atoms with E-state index in [1.165, 1.54) is 17.5 Å². The molecule has 0 aromatic heterocycles. The summed E-state index contributed by atoms with van der Waals surface area (Å²) in [6.45, 7) is 5.26. The van der Waals surface area contributed by atoms with Crippen molar-refractivity contribution >= 4 is 11.8 Å². The van der Waals surface area contributed by atoms with Crippen molar-refractivity contribution in [1.82, 2.24) is 5.43 Å². The number of fused-ring (bicyclic) bond motifs is 1. The lowest BCUT2D eigenvalue weighted by atomic mass is 10.0. The van der Waals surface area contributed by atoms with Crippen molar-refractivity contribution in [2.45, 2.75) is 38.0 Å². The molecule has 0 bridgehead atoms. The van der Waals surface area contributed by atoms with Crippen molar-refractivity contribution in [3.05, 3.63) is 29.3 Å². The summed E-state index contributed by atoms with van der Waals surface area (Å²) in [5, 5.41) is 0.665. The maximum atomic E-state index is 5.74. The SMILES string of the molecule is CCC(C)SCC(NN)c1cccc2c1OCC2. The van der Waals surface area contributed by atoms with E-state index in [4.69, 9.17) is 10.6 Å². The molecule has 1 aromatic rings. The quantitative estimate of drug-likeness (QED) is 0.614. The lowest BCUT2D eigenvalue weighted by Gasteiger charge is -2.20. The van der Waals surface area contributed by atoms with Gasteiger partial charge in [-0.2, -0.15) is 11.8 Å². The molecular weight excluding hydrogens is 244 g/mol. The first-order valence-corrected chi connectivity index (χ1v) is 7.63. The highest BCUT2D eigenvalue weighted by atomic mass is 32.2. The van der Waals surface area contributed by atoms with Crippen molar-refractivity contribution in [1.29, 1.82) is 0 Å². The monoisotopic (exact) mass is 266 g/mol. The van der Waals surface area contributed by atoms with E-state index < -0.39 is 0 Å². The fourth-order valence-corrected chi connectivity index (χ4v) is 3.15. The highest BCUT2D eigenvalue weighted by Crippen LogP contribution is 2.35. The maximum Gasteiger partial charge on any atom is 0.127 e. The molecule has 4 heteroatoms. The number of benzene rings is 1. The van der Waals surface area contributed by atoms with Crippen molar-refractivity contribution in [3.63, 3.8) is 0 Å². The topological polar surface area (TPSA) is 47.3 Å². The van der Waals surface area contributed by atoms with Crippen molar-refractivity contribution in [2.24, 2.45) is 5.84 Å². The van der Waals surface area contributed by atoms with Crippen LogP contribution in [-0.4, -0.2) is 17.6 Å². The van der Waals surface area contributed by atoms with E-state index >= 15 is 0 Å². The van der Waals surface area contributed by atoms with Gasteiger partial charge in [0.1, 0.15) is 5.75 Å². The Balaban J connectivity index is 2.10. The predicted molar refractivity (Wildman–Crippen MR) is 77.9 cm³/mol. The third-order valence-electron chi connectivity index (χ3n) is 3.44. The fraction of sp³-hybridized carbons (Fsp3) is 0.571. The summed E-state index contributed by atoms with van der Waals surface area (Å²) in [5.74, 6) is 7.73. The number of thioether (sulfide) groups is 1. The van der Waals surface area contributed by atoms with Gasteiger partial charge in [-0.15, -0.1) is 0 Å². The number of hydrogen-bond donors (Lipinski definition) is 2. The highest BCUT2D eigenvalue weighted by molar-refractivity contribution is 7.99. The second-order valence-electron chi connectivity index (χ2n) is 4.71. The van der Waals surface area contributed by atoms with Crippen LogP contribution in [-0.2, 0) is 6.42 Å². The minimum Gasteiger partial charge on any atom is -0.493 e. The molecule has 2 atom stereocenters. The smallest absolute Gasteiger partial charge is 0.127 e. The molecule has 0 spiro atoms. The van der Waals surface area contributed by atoms with Gasteiger partial charge >= 0.3 is 0 Å². The number of rotatable bonds is 6. The molecule has 0 amide bonds. The van der Waals surface area contributed by atoms with Crippen LogP contribution in [0.1, 0.15) is 37.4 Å². The lowest BCUT2D eigenvalue weighted by molar-refractivity contribution is 0.350. The number of nitrogens with two attached hydrogens (primary N) is 1. The first-order valence-electron chi connectivity index (χ1n) is 6.58. The van der Waals surface area contributed by atoms with Gasteiger partial charge in [0.2, 0.25) is 0 Å². The zero-order valence-electron chi connectivity index (χ0n) is 11.1. The van der Waals surface area contributed by atoms with Crippen LogP contribution in [0.15, 0.2) is 18.2 Å². The third-order valence-corrected chi connectivity index (χ3v) is 4.87. The molecule has 1 aliphatic rings. The minimum absolute atomic E-state index is 0.164. The Morgan fingerprint density at radius 2 is 2.33 bits per heavy atom. The fourth-order valence-electron chi connectivity index (χ4n) is 2.12. The number of hydrogen-bond acceptors (Lipinski definition) is 4. The van der Waals surface area contributed by atoms with E-state index in [9.17, 15) is 0 Å². The standard InChI is InChI=1S/C14H22N2OS/c1-3-10(2)18-9-13(16-15)12-6-4-5-11-7-8-17-14(11)12/h4-6,10,13,16H,3,7-9,15H2,1-2H3.